The van der Waals surface area contributed by atoms with Crippen molar-refractivity contribution < 1.29 is 14.0 Å². The second-order valence-electron chi connectivity index (χ2n) is 3.57. The maximum absolute atomic E-state index is 11.0. The lowest BCUT2D eigenvalue weighted by Crippen LogP contribution is -2.08. The zero-order valence-electron chi connectivity index (χ0n) is 9.13. The Kier molecular flexibility index (Phi) is 6.28. The third-order valence-electron chi connectivity index (χ3n) is 2.06. The lowest BCUT2D eigenvalue weighted by Gasteiger charge is -2.06. The summed E-state index contributed by atoms with van der Waals surface area (Å²) in [5.74, 6) is -0.346. The molecule has 0 bridgehead atoms. The van der Waals surface area contributed by atoms with Gasteiger partial charge in [0.05, 0.1) is 6.61 Å². The Morgan fingerprint density at radius 3 is 2.57 bits per heavy atom. The summed E-state index contributed by atoms with van der Waals surface area (Å²) < 4.78 is 15.9. The predicted octanol–water partition coefficient (Wildman–Crippen LogP) is 2.33. The Bertz CT molecular complexity index is 236. The summed E-state index contributed by atoms with van der Waals surface area (Å²) in [6.45, 7) is 9.21. The molecule has 0 fully saturated rings. The van der Waals surface area contributed by atoms with Crippen LogP contribution < -0.4 is 0 Å². The monoisotopic (exact) mass is 214 g/mol. The maximum atomic E-state index is 11.0. The van der Waals surface area contributed by atoms with E-state index in [9.17, 15) is 9.26 Å². The third-order valence-corrected chi connectivity index (χ3v) is 3.73. The van der Waals surface area contributed by atoms with Gasteiger partial charge in [0.2, 0.25) is 0 Å². The van der Waals surface area contributed by atoms with Gasteiger partial charge in [-0.3, -0.25) is 0 Å². The van der Waals surface area contributed by atoms with Crippen LogP contribution in [0.5, 0.6) is 0 Å². The number of ether oxygens (including phenoxy) is 1. The van der Waals surface area contributed by atoms with Gasteiger partial charge in [0.1, 0.15) is 0 Å². The molecule has 1 unspecified atom stereocenters. The Labute approximate surface area is 86.8 Å². The van der Waals surface area contributed by atoms with Crippen molar-refractivity contribution in [2.24, 2.45) is 0 Å². The van der Waals surface area contributed by atoms with E-state index >= 15 is 0 Å². The van der Waals surface area contributed by atoms with Crippen LogP contribution >= 0.6 is 0 Å². The van der Waals surface area contributed by atoms with Crippen molar-refractivity contribution >= 4 is 14.7 Å². The molecule has 0 saturated heterocycles. The van der Waals surface area contributed by atoms with Crippen molar-refractivity contribution in [2.45, 2.75) is 38.8 Å². The summed E-state index contributed by atoms with van der Waals surface area (Å²) in [7, 11) is -1.44. The van der Waals surface area contributed by atoms with E-state index in [2.05, 4.69) is 6.58 Å². The van der Waals surface area contributed by atoms with E-state index < -0.39 is 8.68 Å². The van der Waals surface area contributed by atoms with Gasteiger partial charge in [-0.1, -0.05) is 13.5 Å². The molecule has 0 saturated carbocycles. The van der Waals surface area contributed by atoms with E-state index in [0.717, 1.165) is 12.8 Å². The average Bonchev–Trinajstić information content (AvgIpc) is 2.11. The molecule has 4 heteroatoms. The van der Waals surface area contributed by atoms with Crippen LogP contribution in [0.3, 0.4) is 0 Å². The number of hydrogen-bond acceptors (Lipinski definition) is 3. The van der Waals surface area contributed by atoms with Crippen LogP contribution in [-0.4, -0.2) is 21.3 Å². The fourth-order valence-corrected chi connectivity index (χ4v) is 1.49. The van der Waals surface area contributed by atoms with Crippen molar-refractivity contribution in [3.05, 3.63) is 12.2 Å². The van der Waals surface area contributed by atoms with Gasteiger partial charge < -0.3 is 9.20 Å². The summed E-state index contributed by atoms with van der Waals surface area (Å²) in [6.07, 6.45) is 1.61. The molecule has 0 aromatic heterocycles. The largest absolute Gasteiger partial charge is 0.462 e. The molecule has 3 nitrogen and oxygen atoms in total. The number of rotatable bonds is 6. The highest BCUT2D eigenvalue weighted by Crippen LogP contribution is 2.12. The van der Waals surface area contributed by atoms with E-state index in [1.54, 1.807) is 13.5 Å². The number of carbonyl (C=O) groups excluding carboxylic acids is 1. The van der Waals surface area contributed by atoms with Gasteiger partial charge in [-0.15, -0.1) is 0 Å². The first-order valence-electron chi connectivity index (χ1n) is 4.78. The number of carbonyl (C=O) groups is 1. The number of esters is 1. The van der Waals surface area contributed by atoms with Crippen LogP contribution in [0, 0.1) is 0 Å². The van der Waals surface area contributed by atoms with Crippen LogP contribution in [-0.2, 0) is 14.0 Å². The van der Waals surface area contributed by atoms with Gasteiger partial charge in [0.25, 0.3) is 8.68 Å². The van der Waals surface area contributed by atoms with Crippen LogP contribution in [0.15, 0.2) is 12.2 Å². The van der Waals surface area contributed by atoms with E-state index in [1.807, 2.05) is 6.92 Å². The fraction of sp³-hybridized carbons (Fsp3) is 0.700. The van der Waals surface area contributed by atoms with Gasteiger partial charge in [-0.2, -0.15) is 0 Å². The normalized spacial score (nSPS) is 11.9. The summed E-state index contributed by atoms with van der Waals surface area (Å²) >= 11 is 0. The first kappa shape index (κ1) is 13.2. The lowest BCUT2D eigenvalue weighted by atomic mass is 10.2. The molecule has 0 amide bonds. The van der Waals surface area contributed by atoms with Crippen LogP contribution in [0.4, 0.5) is 0 Å². The minimum Gasteiger partial charge on any atom is -0.462 e. The SMILES string of the molecule is C=C(C)C(=O)OCCCC(C)[Si](C)=O. The zero-order valence-corrected chi connectivity index (χ0v) is 10.1. The molecule has 1 atom stereocenters. The van der Waals surface area contributed by atoms with Crippen molar-refractivity contribution in [3.63, 3.8) is 0 Å². The molecule has 0 aliphatic heterocycles. The standard InChI is InChI=1S/C10H18O3Si/c1-8(2)10(11)13-7-5-6-9(3)14(4)12/h9H,1,5-7H2,2-4H3. The highest BCUT2D eigenvalue weighted by molar-refractivity contribution is 6.42. The van der Waals surface area contributed by atoms with Gasteiger partial charge in [-0.25, -0.2) is 4.79 Å². The van der Waals surface area contributed by atoms with Gasteiger partial charge in [0, 0.05) is 11.1 Å². The van der Waals surface area contributed by atoms with Crippen LogP contribution in [0.1, 0.15) is 26.7 Å². The van der Waals surface area contributed by atoms with Crippen molar-refractivity contribution in [2.75, 3.05) is 6.61 Å². The molecule has 0 radical (unpaired) electrons. The summed E-state index contributed by atoms with van der Waals surface area (Å²) in [4.78, 5) is 10.9. The van der Waals surface area contributed by atoms with Crippen molar-refractivity contribution in [1.29, 1.82) is 0 Å². The first-order chi connectivity index (χ1) is 6.45. The van der Waals surface area contributed by atoms with E-state index in [1.165, 1.54) is 0 Å². The third kappa shape index (κ3) is 5.80. The maximum Gasteiger partial charge on any atom is 0.333 e. The molecular formula is C10H18O3Si. The fourth-order valence-electron chi connectivity index (χ4n) is 0.881. The van der Waals surface area contributed by atoms with Gasteiger partial charge in [-0.05, 0) is 26.3 Å². The summed E-state index contributed by atoms with van der Waals surface area (Å²) in [6, 6.07) is 0. The molecular weight excluding hydrogens is 196 g/mol. The second kappa shape index (κ2) is 6.65. The average molecular weight is 214 g/mol. The topological polar surface area (TPSA) is 43.4 Å². The Morgan fingerprint density at radius 2 is 2.14 bits per heavy atom. The molecule has 0 aliphatic rings. The molecule has 0 aromatic rings. The smallest absolute Gasteiger partial charge is 0.333 e. The van der Waals surface area contributed by atoms with Gasteiger partial charge in [0.15, 0.2) is 0 Å². The van der Waals surface area contributed by atoms with Gasteiger partial charge >= 0.3 is 5.97 Å². The van der Waals surface area contributed by atoms with Crippen molar-refractivity contribution in [3.8, 4) is 0 Å². The molecule has 0 spiro atoms. The Hall–Kier alpha value is -0.773. The summed E-state index contributed by atoms with van der Waals surface area (Å²) in [5.41, 5.74) is 0.658. The van der Waals surface area contributed by atoms with E-state index in [0.29, 0.717) is 12.2 Å². The second-order valence-corrected chi connectivity index (χ2v) is 5.78. The van der Waals surface area contributed by atoms with E-state index in [-0.39, 0.29) is 11.5 Å². The highest BCUT2D eigenvalue weighted by Gasteiger charge is 2.09. The first-order valence-corrected chi connectivity index (χ1v) is 6.76. The minimum atomic E-state index is -1.44. The van der Waals surface area contributed by atoms with Crippen LogP contribution in [0.2, 0.25) is 12.1 Å². The zero-order chi connectivity index (χ0) is 11.1. The predicted molar refractivity (Wildman–Crippen MR) is 56.7 cm³/mol. The quantitative estimate of drug-likeness (QED) is 0.295. The van der Waals surface area contributed by atoms with Crippen molar-refractivity contribution in [1.82, 2.24) is 0 Å². The molecule has 0 heterocycles. The Balaban J connectivity index is 3.52. The molecule has 14 heavy (non-hydrogen) atoms. The van der Waals surface area contributed by atoms with Crippen LogP contribution in [0.25, 0.3) is 0 Å². The Morgan fingerprint density at radius 1 is 1.57 bits per heavy atom. The molecule has 0 aromatic carbocycles. The molecule has 0 N–H and O–H groups in total. The number of hydrogen-bond donors (Lipinski definition) is 0. The lowest BCUT2D eigenvalue weighted by molar-refractivity contribution is -0.139. The molecule has 0 rings (SSSR count). The highest BCUT2D eigenvalue weighted by atomic mass is 28.3. The molecule has 80 valence electrons. The summed E-state index contributed by atoms with van der Waals surface area (Å²) in [5, 5.41) is 0. The molecule has 0 aliphatic carbocycles. The minimum absolute atomic E-state index is 0.239. The van der Waals surface area contributed by atoms with E-state index in [4.69, 9.17) is 4.74 Å².